The maximum absolute atomic E-state index is 12.3. The van der Waals surface area contributed by atoms with Crippen molar-refractivity contribution < 1.29 is 17.9 Å². The molecule has 10 heteroatoms. The average Bonchev–Trinajstić information content (AvgIpc) is 3.13. The van der Waals surface area contributed by atoms with Crippen molar-refractivity contribution in [3.63, 3.8) is 0 Å². The van der Waals surface area contributed by atoms with Crippen LogP contribution in [0, 0.1) is 5.92 Å². The zero-order chi connectivity index (χ0) is 16.6. The smallest absolute Gasteiger partial charge is 0.245 e. The fourth-order valence-electron chi connectivity index (χ4n) is 2.83. The molecule has 2 heterocycles. The number of nitrogens with one attached hydrogen (secondary N) is 1. The number of nitrogens with zero attached hydrogens (tertiary/aromatic N) is 2. The Kier molecular flexibility index (Phi) is 4.70. The second kappa shape index (κ2) is 6.45. The summed E-state index contributed by atoms with van der Waals surface area (Å²) in [6.45, 7) is 0.564. The van der Waals surface area contributed by atoms with Crippen LogP contribution in [0.5, 0.6) is 0 Å². The summed E-state index contributed by atoms with van der Waals surface area (Å²) in [5.74, 6) is 0.0912. The number of rotatable bonds is 5. The molecule has 0 bridgehead atoms. The van der Waals surface area contributed by atoms with E-state index in [0.717, 1.165) is 0 Å². The topological polar surface area (TPSA) is 97.4 Å². The van der Waals surface area contributed by atoms with Crippen molar-refractivity contribution >= 4 is 33.2 Å². The van der Waals surface area contributed by atoms with Crippen LogP contribution in [0.4, 0.5) is 0 Å². The Morgan fingerprint density at radius 2 is 2.22 bits per heavy atom. The minimum Gasteiger partial charge on any atom is -0.451 e. The van der Waals surface area contributed by atoms with Crippen molar-refractivity contribution in [3.8, 4) is 0 Å². The lowest BCUT2D eigenvalue weighted by Crippen LogP contribution is -2.39. The van der Waals surface area contributed by atoms with Gasteiger partial charge in [-0.1, -0.05) is 11.6 Å². The van der Waals surface area contributed by atoms with Crippen molar-refractivity contribution in [1.82, 2.24) is 14.5 Å². The Bertz CT molecular complexity index is 789. The average molecular weight is 380 g/mol. The molecule has 2 aromatic heterocycles. The Hall–Kier alpha value is -1.06. The van der Waals surface area contributed by atoms with Gasteiger partial charge < -0.3 is 9.52 Å². The van der Waals surface area contributed by atoms with Gasteiger partial charge in [0.1, 0.15) is 4.90 Å². The SMILES string of the molecule is O=S(=O)(N[C@@H]1CC(Cn2cc(Cl)cn2)C[C@H]1O)c1ccoc1Cl. The highest BCUT2D eigenvalue weighted by Crippen LogP contribution is 2.30. The zero-order valence-corrected chi connectivity index (χ0v) is 14.2. The van der Waals surface area contributed by atoms with E-state index in [0.29, 0.717) is 24.4 Å². The summed E-state index contributed by atoms with van der Waals surface area (Å²) >= 11 is 11.5. The van der Waals surface area contributed by atoms with Crippen molar-refractivity contribution in [2.24, 2.45) is 5.92 Å². The molecule has 1 aliphatic rings. The first-order chi connectivity index (χ1) is 10.8. The number of aromatic nitrogens is 2. The van der Waals surface area contributed by atoms with Gasteiger partial charge in [-0.2, -0.15) is 5.10 Å². The third kappa shape index (κ3) is 3.72. The molecule has 0 radical (unpaired) electrons. The third-order valence-corrected chi connectivity index (χ3v) is 5.97. The normalized spacial score (nSPS) is 25.1. The molecule has 0 aromatic carbocycles. The van der Waals surface area contributed by atoms with Crippen molar-refractivity contribution in [2.45, 2.75) is 36.4 Å². The molecule has 126 valence electrons. The number of furan rings is 1. The van der Waals surface area contributed by atoms with Gasteiger partial charge in [0.05, 0.1) is 23.6 Å². The summed E-state index contributed by atoms with van der Waals surface area (Å²) in [6.07, 6.45) is 4.63. The first kappa shape index (κ1) is 16.8. The van der Waals surface area contributed by atoms with Crippen LogP contribution >= 0.6 is 23.2 Å². The molecule has 2 N–H and O–H groups in total. The van der Waals surface area contributed by atoms with Crippen LogP contribution in [0.1, 0.15) is 12.8 Å². The molecule has 3 atom stereocenters. The molecule has 2 aromatic rings. The highest BCUT2D eigenvalue weighted by molar-refractivity contribution is 7.89. The predicted octanol–water partition coefficient (Wildman–Crippen LogP) is 1.90. The van der Waals surface area contributed by atoms with E-state index in [1.54, 1.807) is 10.9 Å². The van der Waals surface area contributed by atoms with Crippen molar-refractivity contribution in [2.75, 3.05) is 0 Å². The van der Waals surface area contributed by atoms with Crippen LogP contribution in [0.25, 0.3) is 0 Å². The number of sulfonamides is 1. The van der Waals surface area contributed by atoms with E-state index in [1.807, 2.05) is 0 Å². The van der Waals surface area contributed by atoms with Gasteiger partial charge in [0, 0.05) is 18.8 Å². The largest absolute Gasteiger partial charge is 0.451 e. The van der Waals surface area contributed by atoms with E-state index in [4.69, 9.17) is 27.6 Å². The maximum atomic E-state index is 12.3. The standard InChI is InChI=1S/C13H15Cl2N3O4S/c14-9-5-16-18(7-9)6-8-3-10(11(19)4-8)17-23(20,21)12-1-2-22-13(12)15/h1-2,5,7-8,10-11,17,19H,3-4,6H2/t8?,10-,11-/m1/s1. The quantitative estimate of drug-likeness (QED) is 0.826. The van der Waals surface area contributed by atoms with Crippen LogP contribution in [-0.2, 0) is 16.6 Å². The highest BCUT2D eigenvalue weighted by Gasteiger charge is 2.36. The number of aliphatic hydroxyl groups excluding tert-OH is 1. The fraction of sp³-hybridized carbons (Fsp3) is 0.462. The Morgan fingerprint density at radius 1 is 1.43 bits per heavy atom. The summed E-state index contributed by atoms with van der Waals surface area (Å²) in [4.78, 5) is -0.131. The molecule has 0 saturated heterocycles. The summed E-state index contributed by atoms with van der Waals surface area (Å²) in [5.41, 5.74) is 0. The lowest BCUT2D eigenvalue weighted by Gasteiger charge is -2.16. The van der Waals surface area contributed by atoms with Gasteiger partial charge in [0.25, 0.3) is 0 Å². The van der Waals surface area contributed by atoms with Gasteiger partial charge in [0.2, 0.25) is 15.2 Å². The molecule has 3 rings (SSSR count). The molecular formula is C13H15Cl2N3O4S. The van der Waals surface area contributed by atoms with Crippen LogP contribution in [-0.4, -0.2) is 35.5 Å². The van der Waals surface area contributed by atoms with E-state index in [-0.39, 0.29) is 16.0 Å². The van der Waals surface area contributed by atoms with Gasteiger partial charge in [-0.05, 0) is 36.4 Å². The van der Waals surface area contributed by atoms with Gasteiger partial charge in [0.15, 0.2) is 0 Å². The van der Waals surface area contributed by atoms with Gasteiger partial charge in [-0.15, -0.1) is 0 Å². The number of hydrogen-bond donors (Lipinski definition) is 2. The molecule has 1 aliphatic carbocycles. The van der Waals surface area contributed by atoms with Crippen LogP contribution in [0.15, 0.2) is 34.0 Å². The second-order valence-corrected chi connectivity index (χ2v) is 8.03. The van der Waals surface area contributed by atoms with Gasteiger partial charge in [-0.25, -0.2) is 13.1 Å². The van der Waals surface area contributed by atoms with Gasteiger partial charge >= 0.3 is 0 Å². The number of hydrogen-bond acceptors (Lipinski definition) is 5. The highest BCUT2D eigenvalue weighted by atomic mass is 35.5. The Morgan fingerprint density at radius 3 is 2.83 bits per heavy atom. The predicted molar refractivity (Wildman–Crippen MR) is 83.8 cm³/mol. The summed E-state index contributed by atoms with van der Waals surface area (Å²) < 4.78 is 33.5. The first-order valence-electron chi connectivity index (χ1n) is 6.96. The Labute approximate surface area is 143 Å². The van der Waals surface area contributed by atoms with E-state index < -0.39 is 22.2 Å². The molecule has 1 unspecified atom stereocenters. The number of halogens is 2. The van der Waals surface area contributed by atoms with Crippen LogP contribution in [0.3, 0.4) is 0 Å². The van der Waals surface area contributed by atoms with Crippen LogP contribution in [0.2, 0.25) is 10.2 Å². The minimum atomic E-state index is -3.84. The molecular weight excluding hydrogens is 365 g/mol. The second-order valence-electron chi connectivity index (χ2n) is 5.57. The van der Waals surface area contributed by atoms with Crippen molar-refractivity contribution in [3.05, 3.63) is 35.0 Å². The van der Waals surface area contributed by atoms with E-state index >= 15 is 0 Å². The lowest BCUT2D eigenvalue weighted by molar-refractivity contribution is 0.154. The Balaban J connectivity index is 1.66. The third-order valence-electron chi connectivity index (χ3n) is 3.85. The molecule has 1 saturated carbocycles. The summed E-state index contributed by atoms with van der Waals surface area (Å²) in [7, 11) is -3.84. The van der Waals surface area contributed by atoms with Gasteiger partial charge in [-0.3, -0.25) is 4.68 Å². The van der Waals surface area contributed by atoms with E-state index in [1.165, 1.54) is 18.5 Å². The molecule has 0 spiro atoms. The monoisotopic (exact) mass is 379 g/mol. The summed E-state index contributed by atoms with van der Waals surface area (Å²) in [6, 6.07) is 0.692. The maximum Gasteiger partial charge on any atom is 0.245 e. The first-order valence-corrected chi connectivity index (χ1v) is 9.20. The molecule has 0 amide bonds. The number of aliphatic hydroxyl groups is 1. The zero-order valence-electron chi connectivity index (χ0n) is 11.9. The van der Waals surface area contributed by atoms with E-state index in [9.17, 15) is 13.5 Å². The minimum absolute atomic E-state index is 0.0912. The molecule has 23 heavy (non-hydrogen) atoms. The molecule has 7 nitrogen and oxygen atoms in total. The van der Waals surface area contributed by atoms with Crippen LogP contribution < -0.4 is 4.72 Å². The molecule has 0 aliphatic heterocycles. The lowest BCUT2D eigenvalue weighted by atomic mass is 10.1. The van der Waals surface area contributed by atoms with Crippen molar-refractivity contribution in [1.29, 1.82) is 0 Å². The summed E-state index contributed by atoms with van der Waals surface area (Å²) in [5, 5.41) is 14.6. The fourth-order valence-corrected chi connectivity index (χ4v) is 4.68. The van der Waals surface area contributed by atoms with E-state index in [2.05, 4.69) is 9.82 Å². The molecule has 1 fully saturated rings.